The van der Waals surface area contributed by atoms with Gasteiger partial charge in [0.15, 0.2) is 0 Å². The molecule has 0 aliphatic carbocycles. The molecular formula is C12H14N2O7. The number of hydrogen-bond donors (Lipinski definition) is 1. The van der Waals surface area contributed by atoms with Crippen molar-refractivity contribution in [2.24, 2.45) is 0 Å². The quantitative estimate of drug-likeness (QED) is 0.381. The van der Waals surface area contributed by atoms with E-state index in [9.17, 15) is 25.0 Å². The molecule has 9 heteroatoms. The summed E-state index contributed by atoms with van der Waals surface area (Å²) in [5.41, 5.74) is -0.836. The molecule has 0 saturated carbocycles. The first-order valence-corrected chi connectivity index (χ1v) is 6.07. The van der Waals surface area contributed by atoms with Crippen LogP contribution in [0.2, 0.25) is 0 Å². The van der Waals surface area contributed by atoms with E-state index < -0.39 is 33.1 Å². The van der Waals surface area contributed by atoms with E-state index in [1.54, 1.807) is 13.8 Å². The van der Waals surface area contributed by atoms with Crippen LogP contribution in [0.4, 0.5) is 16.2 Å². The van der Waals surface area contributed by atoms with Crippen molar-refractivity contribution >= 4 is 17.5 Å². The maximum absolute atomic E-state index is 11.1. The van der Waals surface area contributed by atoms with Crippen molar-refractivity contribution in [3.05, 3.63) is 37.4 Å². The average molecular weight is 298 g/mol. The Hall–Kier alpha value is -2.71. The monoisotopic (exact) mass is 298 g/mol. The van der Waals surface area contributed by atoms with Gasteiger partial charge in [0.1, 0.15) is 0 Å². The number of benzene rings is 1. The predicted octanol–water partition coefficient (Wildman–Crippen LogP) is 3.38. The second-order valence-corrected chi connectivity index (χ2v) is 4.47. The molecule has 1 rings (SSSR count). The van der Waals surface area contributed by atoms with Crippen molar-refractivity contribution in [3.63, 3.8) is 0 Å². The Morgan fingerprint density at radius 3 is 2.24 bits per heavy atom. The summed E-state index contributed by atoms with van der Waals surface area (Å²) in [5, 5.41) is 30.8. The van der Waals surface area contributed by atoms with Crippen LogP contribution < -0.4 is 4.74 Å². The summed E-state index contributed by atoms with van der Waals surface area (Å²) in [6, 6.07) is 0.722. The summed E-state index contributed by atoms with van der Waals surface area (Å²) in [6.07, 6.45) is -1.20. The number of hydrogen-bond acceptors (Lipinski definition) is 6. The van der Waals surface area contributed by atoms with Gasteiger partial charge in [-0.15, -0.1) is 0 Å². The van der Waals surface area contributed by atoms with Crippen molar-refractivity contribution < 1.29 is 24.5 Å². The normalized spacial score (nSPS) is 11.8. The summed E-state index contributed by atoms with van der Waals surface area (Å²) >= 11 is 0. The first-order valence-electron chi connectivity index (χ1n) is 6.07. The van der Waals surface area contributed by atoms with Gasteiger partial charge in [-0.2, -0.15) is 0 Å². The smallest absolute Gasteiger partial charge is 0.449 e. The van der Waals surface area contributed by atoms with E-state index in [0.717, 1.165) is 6.07 Å². The molecule has 1 atom stereocenters. The third-order valence-electron chi connectivity index (χ3n) is 3.23. The largest absolute Gasteiger partial charge is 0.511 e. The Balaban J connectivity index is 3.79. The van der Waals surface area contributed by atoms with E-state index in [1.807, 2.05) is 0 Å². The van der Waals surface area contributed by atoms with Gasteiger partial charge < -0.3 is 9.84 Å². The molecule has 1 N–H and O–H groups in total. The lowest BCUT2D eigenvalue weighted by Gasteiger charge is -2.16. The minimum atomic E-state index is -1.71. The number of ether oxygens (including phenoxy) is 1. The fourth-order valence-electron chi connectivity index (χ4n) is 2.07. The number of carbonyl (C=O) groups is 1. The van der Waals surface area contributed by atoms with Crippen LogP contribution in [0.15, 0.2) is 6.07 Å². The minimum absolute atomic E-state index is 0.163. The Bertz CT molecular complexity index is 612. The Labute approximate surface area is 119 Å². The van der Waals surface area contributed by atoms with E-state index in [2.05, 4.69) is 4.74 Å². The zero-order valence-electron chi connectivity index (χ0n) is 11.7. The van der Waals surface area contributed by atoms with Crippen LogP contribution in [-0.2, 0) is 0 Å². The van der Waals surface area contributed by atoms with Gasteiger partial charge in [-0.05, 0) is 19.3 Å². The minimum Gasteiger partial charge on any atom is -0.449 e. The summed E-state index contributed by atoms with van der Waals surface area (Å²) in [6.45, 7) is 4.88. The van der Waals surface area contributed by atoms with Crippen molar-refractivity contribution in [2.75, 3.05) is 0 Å². The molecule has 0 aliphatic heterocycles. The molecule has 0 radical (unpaired) electrons. The maximum Gasteiger partial charge on any atom is 0.511 e. The second kappa shape index (κ2) is 6.16. The summed E-state index contributed by atoms with van der Waals surface area (Å²) in [4.78, 5) is 31.2. The molecule has 21 heavy (non-hydrogen) atoms. The molecule has 1 aromatic carbocycles. The summed E-state index contributed by atoms with van der Waals surface area (Å²) in [7, 11) is 0. The molecule has 0 fully saturated rings. The van der Waals surface area contributed by atoms with E-state index in [-0.39, 0.29) is 17.0 Å². The van der Waals surface area contributed by atoms with E-state index in [1.165, 1.54) is 6.92 Å². The molecule has 114 valence electrons. The van der Waals surface area contributed by atoms with Crippen molar-refractivity contribution in [3.8, 4) is 5.75 Å². The van der Waals surface area contributed by atoms with Gasteiger partial charge in [-0.3, -0.25) is 20.2 Å². The molecule has 0 amide bonds. The number of nitro benzene ring substituents is 2. The standard InChI is InChI=1S/C12H14N2O7/c1-4-6(2)10-7(3)8(13(17)18)5-9(14(19)20)11(10)21-12(15)16/h5-6H,4H2,1-3H3,(H,15,16). The first kappa shape index (κ1) is 16.3. The van der Waals surface area contributed by atoms with Crippen LogP contribution in [0, 0.1) is 27.2 Å². The van der Waals surface area contributed by atoms with Crippen LogP contribution in [-0.4, -0.2) is 21.1 Å². The first-order chi connectivity index (χ1) is 9.70. The second-order valence-electron chi connectivity index (χ2n) is 4.47. The highest BCUT2D eigenvalue weighted by Crippen LogP contribution is 2.43. The van der Waals surface area contributed by atoms with Gasteiger partial charge in [0.05, 0.1) is 15.9 Å². The summed E-state index contributed by atoms with van der Waals surface area (Å²) in [5.74, 6) is -0.789. The van der Waals surface area contributed by atoms with Crippen LogP contribution in [0.5, 0.6) is 5.75 Å². The van der Waals surface area contributed by atoms with Gasteiger partial charge >= 0.3 is 11.8 Å². The molecule has 1 unspecified atom stereocenters. The Morgan fingerprint density at radius 1 is 1.33 bits per heavy atom. The topological polar surface area (TPSA) is 133 Å². The lowest BCUT2D eigenvalue weighted by molar-refractivity contribution is -0.395. The molecule has 9 nitrogen and oxygen atoms in total. The van der Waals surface area contributed by atoms with E-state index in [4.69, 9.17) is 5.11 Å². The van der Waals surface area contributed by atoms with E-state index in [0.29, 0.717) is 6.42 Å². The predicted molar refractivity (Wildman–Crippen MR) is 71.8 cm³/mol. The highest BCUT2D eigenvalue weighted by molar-refractivity contribution is 5.70. The fraction of sp³-hybridized carbons (Fsp3) is 0.417. The third kappa shape index (κ3) is 3.25. The van der Waals surface area contributed by atoms with Crippen LogP contribution in [0.25, 0.3) is 0 Å². The van der Waals surface area contributed by atoms with Crippen LogP contribution in [0.1, 0.15) is 37.3 Å². The Kier molecular flexibility index (Phi) is 4.79. The molecule has 0 saturated heterocycles. The Morgan fingerprint density at radius 2 is 1.86 bits per heavy atom. The van der Waals surface area contributed by atoms with Crippen LogP contribution in [0.3, 0.4) is 0 Å². The SMILES string of the molecule is CCC(C)c1c(C)c([N+](=O)[O-])cc([N+](=O)[O-])c1OC(=O)O. The molecule has 0 heterocycles. The van der Waals surface area contributed by atoms with Crippen molar-refractivity contribution in [1.82, 2.24) is 0 Å². The summed E-state index contributed by atoms with van der Waals surface area (Å²) < 4.78 is 4.53. The number of nitro groups is 2. The fourth-order valence-corrected chi connectivity index (χ4v) is 2.07. The maximum atomic E-state index is 11.1. The molecule has 0 aliphatic rings. The number of carboxylic acid groups (broad SMARTS) is 1. The van der Waals surface area contributed by atoms with Gasteiger partial charge in [-0.1, -0.05) is 13.8 Å². The average Bonchev–Trinajstić information content (AvgIpc) is 2.36. The van der Waals surface area contributed by atoms with Gasteiger partial charge in [0.2, 0.25) is 5.75 Å². The number of rotatable bonds is 5. The van der Waals surface area contributed by atoms with Gasteiger partial charge in [-0.25, -0.2) is 4.79 Å². The highest BCUT2D eigenvalue weighted by Gasteiger charge is 2.32. The number of nitrogens with zero attached hydrogens (tertiary/aromatic N) is 2. The molecule has 0 spiro atoms. The van der Waals surface area contributed by atoms with Crippen molar-refractivity contribution in [2.45, 2.75) is 33.1 Å². The lowest BCUT2D eigenvalue weighted by atomic mass is 9.91. The highest BCUT2D eigenvalue weighted by atomic mass is 16.7. The molecular weight excluding hydrogens is 284 g/mol. The zero-order chi connectivity index (χ0) is 16.3. The molecule has 0 bridgehead atoms. The zero-order valence-corrected chi connectivity index (χ0v) is 11.7. The van der Waals surface area contributed by atoms with Gasteiger partial charge in [0, 0.05) is 11.1 Å². The third-order valence-corrected chi connectivity index (χ3v) is 3.23. The molecule has 1 aromatic rings. The molecule has 0 aromatic heterocycles. The van der Waals surface area contributed by atoms with E-state index >= 15 is 0 Å². The lowest BCUT2D eigenvalue weighted by Crippen LogP contribution is -2.11. The van der Waals surface area contributed by atoms with Gasteiger partial charge in [0.25, 0.3) is 5.69 Å². The van der Waals surface area contributed by atoms with Crippen molar-refractivity contribution in [1.29, 1.82) is 0 Å². The van der Waals surface area contributed by atoms with Crippen LogP contribution >= 0.6 is 0 Å².